The normalized spacial score (nSPS) is 18.5. The van der Waals surface area contributed by atoms with E-state index in [2.05, 4.69) is 101 Å². The van der Waals surface area contributed by atoms with Crippen molar-refractivity contribution in [2.75, 3.05) is 31.6 Å². The number of nitrogens with one attached hydrogen (secondary N) is 2. The third kappa shape index (κ3) is 5.55. The first-order chi connectivity index (χ1) is 16.1. The van der Waals surface area contributed by atoms with Crippen molar-refractivity contribution in [2.24, 2.45) is 0 Å². The number of likely N-dealkylation sites (N-methyl/N-ethyl adjacent to an activating group) is 1. The van der Waals surface area contributed by atoms with Crippen molar-refractivity contribution in [1.82, 2.24) is 15.5 Å². The number of fused-ring (bicyclic) bond motifs is 1. The van der Waals surface area contributed by atoms with Gasteiger partial charge in [0.15, 0.2) is 0 Å². The molecule has 1 fully saturated rings. The zero-order valence-electron chi connectivity index (χ0n) is 20.1. The number of hydrogen-bond donors (Lipinski definition) is 2. The predicted molar refractivity (Wildman–Crippen MR) is 137 cm³/mol. The summed E-state index contributed by atoms with van der Waals surface area (Å²) >= 11 is 0. The zero-order chi connectivity index (χ0) is 23.2. The van der Waals surface area contributed by atoms with E-state index < -0.39 is 0 Å². The van der Waals surface area contributed by atoms with Crippen LogP contribution in [-0.2, 0) is 17.9 Å². The number of hydrogen-bond acceptors (Lipinski definition) is 4. The number of benzene rings is 3. The van der Waals surface area contributed by atoms with Crippen LogP contribution in [0.4, 0.5) is 5.69 Å². The van der Waals surface area contributed by atoms with Gasteiger partial charge in [-0.25, -0.2) is 0 Å². The van der Waals surface area contributed by atoms with Crippen LogP contribution >= 0.6 is 0 Å². The molecule has 33 heavy (non-hydrogen) atoms. The molecule has 1 heterocycles. The summed E-state index contributed by atoms with van der Waals surface area (Å²) in [6.07, 6.45) is 0.824. The summed E-state index contributed by atoms with van der Waals surface area (Å²) in [7, 11) is 1.73. The van der Waals surface area contributed by atoms with Crippen molar-refractivity contribution in [3.8, 4) is 0 Å². The Hall–Kier alpha value is -2.89. The number of carbonyl (C=O) groups excluding carboxylic acids is 1. The lowest BCUT2D eigenvalue weighted by Gasteiger charge is -2.24. The highest BCUT2D eigenvalue weighted by Gasteiger charge is 2.36. The molecule has 5 nitrogen and oxygen atoms in total. The van der Waals surface area contributed by atoms with E-state index in [1.807, 2.05) is 0 Å². The Kier molecular flexibility index (Phi) is 7.63. The number of nitrogens with zero attached hydrogens (tertiary/aromatic N) is 2. The minimum absolute atomic E-state index is 0.102. The lowest BCUT2D eigenvalue weighted by Crippen LogP contribution is -2.41. The van der Waals surface area contributed by atoms with E-state index in [-0.39, 0.29) is 18.0 Å². The fourth-order valence-electron chi connectivity index (χ4n) is 4.91. The summed E-state index contributed by atoms with van der Waals surface area (Å²) in [6, 6.07) is 24.1. The van der Waals surface area contributed by atoms with Crippen LogP contribution in [0.15, 0.2) is 66.7 Å². The molecule has 0 unspecified atom stereocenters. The minimum Gasteiger partial charge on any atom is -0.372 e. The molecule has 0 radical (unpaired) electrons. The average molecular weight is 445 g/mol. The molecule has 2 atom stereocenters. The van der Waals surface area contributed by atoms with Gasteiger partial charge in [-0.05, 0) is 60.4 Å². The Balaban J connectivity index is 1.40. The molecule has 2 N–H and O–H groups in total. The molecule has 3 aromatic rings. The lowest BCUT2D eigenvalue weighted by molar-refractivity contribution is -0.125. The molecule has 4 rings (SSSR count). The monoisotopic (exact) mass is 444 g/mol. The predicted octanol–water partition coefficient (Wildman–Crippen LogP) is 4.16. The third-order valence-corrected chi connectivity index (χ3v) is 6.81. The van der Waals surface area contributed by atoms with Crippen LogP contribution in [0.3, 0.4) is 0 Å². The van der Waals surface area contributed by atoms with Crippen LogP contribution in [0.5, 0.6) is 0 Å². The molecule has 0 aliphatic carbocycles. The number of carbonyl (C=O) groups is 1. The topological polar surface area (TPSA) is 47.6 Å². The van der Waals surface area contributed by atoms with Gasteiger partial charge in [0.2, 0.25) is 5.91 Å². The van der Waals surface area contributed by atoms with Gasteiger partial charge >= 0.3 is 0 Å². The Labute approximate surface area is 197 Å². The molecule has 1 saturated heterocycles. The van der Waals surface area contributed by atoms with E-state index in [0.29, 0.717) is 0 Å². The van der Waals surface area contributed by atoms with Gasteiger partial charge in [0, 0.05) is 51.5 Å². The van der Waals surface area contributed by atoms with Crippen molar-refractivity contribution in [3.63, 3.8) is 0 Å². The van der Waals surface area contributed by atoms with E-state index in [4.69, 9.17) is 0 Å². The Morgan fingerprint density at radius 2 is 1.67 bits per heavy atom. The molecule has 174 valence electrons. The number of anilines is 1. The molecule has 0 bridgehead atoms. The minimum atomic E-state index is -0.105. The fraction of sp³-hybridized carbons (Fsp3) is 0.393. The van der Waals surface area contributed by atoms with Crippen LogP contribution in [0.1, 0.15) is 31.4 Å². The first-order valence-electron chi connectivity index (χ1n) is 12.1. The lowest BCUT2D eigenvalue weighted by atomic mass is 10.1. The van der Waals surface area contributed by atoms with Crippen LogP contribution in [0.2, 0.25) is 0 Å². The maximum Gasteiger partial charge on any atom is 0.237 e. The van der Waals surface area contributed by atoms with Crippen molar-refractivity contribution in [3.05, 3.63) is 77.9 Å². The van der Waals surface area contributed by atoms with Crippen molar-refractivity contribution < 1.29 is 4.79 Å². The molecule has 1 aliphatic rings. The highest BCUT2D eigenvalue weighted by atomic mass is 16.2. The van der Waals surface area contributed by atoms with Crippen molar-refractivity contribution >= 4 is 22.4 Å². The van der Waals surface area contributed by atoms with Crippen molar-refractivity contribution in [2.45, 2.75) is 45.4 Å². The fourth-order valence-corrected chi connectivity index (χ4v) is 4.91. The second-order valence-corrected chi connectivity index (χ2v) is 8.89. The van der Waals surface area contributed by atoms with Crippen LogP contribution in [0, 0.1) is 0 Å². The third-order valence-electron chi connectivity index (χ3n) is 6.81. The molecule has 0 spiro atoms. The highest BCUT2D eigenvalue weighted by molar-refractivity contribution is 5.83. The van der Waals surface area contributed by atoms with Gasteiger partial charge in [0.25, 0.3) is 0 Å². The highest BCUT2D eigenvalue weighted by Crippen LogP contribution is 2.23. The molecule has 0 aromatic heterocycles. The van der Waals surface area contributed by atoms with Gasteiger partial charge < -0.3 is 15.5 Å². The van der Waals surface area contributed by atoms with Gasteiger partial charge in [-0.3, -0.25) is 9.69 Å². The quantitative estimate of drug-likeness (QED) is 0.520. The molecular formula is C28H36N4O. The molecule has 5 heteroatoms. The van der Waals surface area contributed by atoms with Gasteiger partial charge in [-0.1, -0.05) is 48.5 Å². The summed E-state index contributed by atoms with van der Waals surface area (Å²) in [6.45, 7) is 8.83. The summed E-state index contributed by atoms with van der Waals surface area (Å²) in [5, 5.41) is 9.09. The van der Waals surface area contributed by atoms with Gasteiger partial charge in [-0.2, -0.15) is 0 Å². The largest absolute Gasteiger partial charge is 0.372 e. The van der Waals surface area contributed by atoms with Gasteiger partial charge in [-0.15, -0.1) is 0 Å². The molecule has 1 amide bonds. The Bertz CT molecular complexity index is 1060. The second-order valence-electron chi connectivity index (χ2n) is 8.89. The summed E-state index contributed by atoms with van der Waals surface area (Å²) < 4.78 is 0. The number of rotatable bonds is 9. The number of likely N-dealkylation sites (tertiary alicyclic amines) is 1. The first kappa shape index (κ1) is 23.3. The van der Waals surface area contributed by atoms with E-state index in [1.54, 1.807) is 7.05 Å². The van der Waals surface area contributed by atoms with E-state index in [1.165, 1.54) is 27.6 Å². The zero-order valence-corrected chi connectivity index (χ0v) is 20.1. The first-order valence-corrected chi connectivity index (χ1v) is 12.1. The molecular weight excluding hydrogens is 408 g/mol. The average Bonchev–Trinajstić information content (AvgIpc) is 3.26. The van der Waals surface area contributed by atoms with Crippen LogP contribution < -0.4 is 15.5 Å². The molecule has 0 saturated carbocycles. The summed E-state index contributed by atoms with van der Waals surface area (Å²) in [5.41, 5.74) is 3.77. The van der Waals surface area contributed by atoms with Gasteiger partial charge in [0.05, 0.1) is 6.04 Å². The smallest absolute Gasteiger partial charge is 0.237 e. The van der Waals surface area contributed by atoms with Crippen LogP contribution in [0.25, 0.3) is 10.8 Å². The van der Waals surface area contributed by atoms with E-state index in [9.17, 15) is 4.79 Å². The summed E-state index contributed by atoms with van der Waals surface area (Å²) in [4.78, 5) is 17.3. The van der Waals surface area contributed by atoms with E-state index >= 15 is 0 Å². The Morgan fingerprint density at radius 3 is 2.36 bits per heavy atom. The maximum atomic E-state index is 12.6. The number of amides is 1. The Morgan fingerprint density at radius 1 is 0.970 bits per heavy atom. The van der Waals surface area contributed by atoms with Crippen LogP contribution in [-0.4, -0.2) is 49.6 Å². The molecule has 1 aliphatic heterocycles. The molecule has 3 aromatic carbocycles. The standard InChI is InChI=1S/C28H36N4O/c1-4-31(5-2)26-14-11-21(12-15-26)19-32-20-25(17-27(32)28(33)29-3)30-18-22-10-13-23-8-6-7-9-24(23)16-22/h6-16,25,27,30H,4-5,17-20H2,1-3H3,(H,29,33)/t25-,27-/m0/s1. The van der Waals surface area contributed by atoms with Crippen molar-refractivity contribution in [1.29, 1.82) is 0 Å². The SMILES string of the molecule is CCN(CC)c1ccc(CN2C[C@@H](NCc3ccc4ccccc4c3)C[C@H]2C(=O)NC)cc1. The van der Waals surface area contributed by atoms with Gasteiger partial charge in [0.1, 0.15) is 0 Å². The van der Waals surface area contributed by atoms with E-state index in [0.717, 1.165) is 39.1 Å². The maximum absolute atomic E-state index is 12.6. The summed E-state index contributed by atoms with van der Waals surface area (Å²) in [5.74, 6) is 0.102. The second kappa shape index (κ2) is 10.8.